The van der Waals surface area contributed by atoms with Crippen molar-refractivity contribution in [1.82, 2.24) is 15.0 Å². The van der Waals surface area contributed by atoms with Gasteiger partial charge in [-0.2, -0.15) is 0 Å². The number of thiazole rings is 1. The Bertz CT molecular complexity index is 1240. The zero-order valence-corrected chi connectivity index (χ0v) is 21.9. The number of aliphatic hydroxyl groups is 1. The molecule has 9 nitrogen and oxygen atoms in total. The molecule has 37 heavy (non-hydrogen) atoms. The number of aryl methyl sites for hydroxylation is 2. The Labute approximate surface area is 219 Å². The maximum atomic E-state index is 13.6. The van der Waals surface area contributed by atoms with Crippen molar-refractivity contribution in [3.8, 4) is 16.3 Å². The van der Waals surface area contributed by atoms with E-state index in [0.717, 1.165) is 21.7 Å². The number of nitrogens with zero attached hydrogens (tertiary/aromatic N) is 3. The highest BCUT2D eigenvalue weighted by molar-refractivity contribution is 7.13. The van der Waals surface area contributed by atoms with Crippen molar-refractivity contribution in [1.29, 1.82) is 0 Å². The highest BCUT2D eigenvalue weighted by atomic mass is 32.1. The summed E-state index contributed by atoms with van der Waals surface area (Å²) in [6, 6.07) is 8.89. The van der Waals surface area contributed by atoms with Gasteiger partial charge in [0.25, 0.3) is 5.88 Å². The van der Waals surface area contributed by atoms with Crippen LogP contribution >= 0.6 is 11.3 Å². The molecule has 1 saturated heterocycles. The molecule has 0 spiro atoms. The normalized spacial score (nSPS) is 18.2. The number of amides is 1. The van der Waals surface area contributed by atoms with Crippen molar-refractivity contribution in [2.24, 2.45) is 5.92 Å². The standard InChI is InChI=1S/C27H31N3O6S/c1-16(2)25(23-13-24(29-36-23)35-11-10-31)27(34)30-14-20(32)12-21(30)22(33)9-6-18-4-7-19(8-5-18)26-17(3)28-15-37-26/h4-5,7-8,10,13,15-16,20-21,25,32H,6,9,11-12,14H2,1-3H3/t20-,21+,25?/m1/s1. The van der Waals surface area contributed by atoms with E-state index in [4.69, 9.17) is 9.26 Å². The summed E-state index contributed by atoms with van der Waals surface area (Å²) in [4.78, 5) is 44.3. The highest BCUT2D eigenvalue weighted by Crippen LogP contribution is 2.33. The van der Waals surface area contributed by atoms with E-state index in [1.165, 1.54) is 11.0 Å². The SMILES string of the molecule is Cc1ncsc1-c1ccc(CCC(=O)[C@@H]2C[C@@H](O)CN2C(=O)C(c2cc(OCC=O)no2)C(C)C)cc1. The first kappa shape index (κ1) is 26.7. The van der Waals surface area contributed by atoms with Crippen LogP contribution in [0, 0.1) is 12.8 Å². The number of rotatable bonds is 11. The van der Waals surface area contributed by atoms with Crippen molar-refractivity contribution in [2.75, 3.05) is 13.2 Å². The van der Waals surface area contributed by atoms with Gasteiger partial charge < -0.3 is 19.3 Å². The number of hydrogen-bond donors (Lipinski definition) is 1. The van der Waals surface area contributed by atoms with E-state index in [9.17, 15) is 19.5 Å². The van der Waals surface area contributed by atoms with Crippen LogP contribution in [0.5, 0.6) is 5.88 Å². The smallest absolute Gasteiger partial charge is 0.254 e. The summed E-state index contributed by atoms with van der Waals surface area (Å²) >= 11 is 1.60. The molecule has 1 fully saturated rings. The summed E-state index contributed by atoms with van der Waals surface area (Å²) in [5.41, 5.74) is 4.94. The number of β-amino-alcohol motifs (C(OH)–C–C–N with tert-alkyl or cyclic N) is 1. The van der Waals surface area contributed by atoms with E-state index in [1.807, 2.05) is 50.5 Å². The zero-order chi connectivity index (χ0) is 26.5. The molecule has 3 atom stereocenters. The van der Waals surface area contributed by atoms with Gasteiger partial charge in [0.2, 0.25) is 5.91 Å². The second-order valence-corrected chi connectivity index (χ2v) is 10.4. The first-order valence-corrected chi connectivity index (χ1v) is 13.2. The molecule has 0 radical (unpaired) electrons. The molecule has 1 aromatic carbocycles. The lowest BCUT2D eigenvalue weighted by Crippen LogP contribution is -2.44. The number of aldehydes is 1. The minimum Gasteiger partial charge on any atom is -0.468 e. The van der Waals surface area contributed by atoms with Gasteiger partial charge in [0.05, 0.1) is 28.2 Å². The highest BCUT2D eigenvalue weighted by Gasteiger charge is 2.42. The molecule has 1 aliphatic rings. The Balaban J connectivity index is 1.43. The number of aromatic nitrogens is 2. The summed E-state index contributed by atoms with van der Waals surface area (Å²) < 4.78 is 10.5. The Kier molecular flexibility index (Phi) is 8.50. The summed E-state index contributed by atoms with van der Waals surface area (Å²) in [5, 5.41) is 14.1. The van der Waals surface area contributed by atoms with Gasteiger partial charge in [-0.05, 0) is 35.5 Å². The molecule has 3 aromatic rings. The second-order valence-electron chi connectivity index (χ2n) is 9.59. The van der Waals surface area contributed by atoms with Crippen molar-refractivity contribution in [3.05, 3.63) is 52.9 Å². The minimum atomic E-state index is -0.770. The molecule has 0 aliphatic carbocycles. The first-order valence-electron chi connectivity index (χ1n) is 12.3. The number of likely N-dealkylation sites (tertiary alicyclic amines) is 1. The fraction of sp³-hybridized carbons (Fsp3) is 0.444. The molecule has 1 aliphatic heterocycles. The number of Topliss-reactive ketones (excluding diaryl/α,β-unsaturated/α-hetero) is 1. The van der Waals surface area contributed by atoms with Crippen LogP contribution in [-0.4, -0.2) is 63.4 Å². The molecule has 1 N–H and O–H groups in total. The van der Waals surface area contributed by atoms with Crippen LogP contribution in [0.15, 0.2) is 40.4 Å². The van der Waals surface area contributed by atoms with Gasteiger partial charge in [-0.15, -0.1) is 11.3 Å². The number of carbonyl (C=O) groups excluding carboxylic acids is 3. The molecule has 10 heteroatoms. The van der Waals surface area contributed by atoms with Gasteiger partial charge in [-0.25, -0.2) is 4.98 Å². The van der Waals surface area contributed by atoms with E-state index in [2.05, 4.69) is 10.1 Å². The maximum absolute atomic E-state index is 13.6. The van der Waals surface area contributed by atoms with Crippen molar-refractivity contribution in [3.63, 3.8) is 0 Å². The topological polar surface area (TPSA) is 123 Å². The van der Waals surface area contributed by atoms with E-state index in [1.54, 1.807) is 11.3 Å². The lowest BCUT2D eigenvalue weighted by atomic mass is 9.91. The molecule has 4 rings (SSSR count). The Morgan fingerprint density at radius 2 is 2.05 bits per heavy atom. The molecule has 2 aromatic heterocycles. The fourth-order valence-electron chi connectivity index (χ4n) is 4.72. The van der Waals surface area contributed by atoms with Gasteiger partial charge >= 0.3 is 0 Å². The van der Waals surface area contributed by atoms with Crippen LogP contribution in [0.1, 0.15) is 49.6 Å². The molecular formula is C27H31N3O6S. The number of carbonyl (C=O) groups is 3. The van der Waals surface area contributed by atoms with Gasteiger partial charge in [-0.3, -0.25) is 14.4 Å². The summed E-state index contributed by atoms with van der Waals surface area (Å²) in [6.07, 6.45) is 0.843. The van der Waals surface area contributed by atoms with E-state index in [0.29, 0.717) is 18.5 Å². The van der Waals surface area contributed by atoms with Crippen LogP contribution in [0.2, 0.25) is 0 Å². The third-order valence-corrected chi connectivity index (χ3v) is 7.58. The van der Waals surface area contributed by atoms with Crippen LogP contribution in [0.3, 0.4) is 0 Å². The van der Waals surface area contributed by atoms with Gasteiger partial charge in [0, 0.05) is 25.5 Å². The van der Waals surface area contributed by atoms with Gasteiger partial charge in [0.15, 0.2) is 17.8 Å². The Morgan fingerprint density at radius 3 is 2.70 bits per heavy atom. The summed E-state index contributed by atoms with van der Waals surface area (Å²) in [5.74, 6) is -0.830. The largest absolute Gasteiger partial charge is 0.468 e. The quantitative estimate of drug-likeness (QED) is 0.377. The van der Waals surface area contributed by atoms with Gasteiger partial charge in [-0.1, -0.05) is 38.1 Å². The molecule has 0 saturated carbocycles. The number of benzene rings is 1. The summed E-state index contributed by atoms with van der Waals surface area (Å²) in [7, 11) is 0. The van der Waals surface area contributed by atoms with Crippen molar-refractivity contribution >= 4 is 29.3 Å². The molecule has 0 bridgehead atoms. The Hall–Kier alpha value is -3.37. The number of ether oxygens (including phenoxy) is 1. The minimum absolute atomic E-state index is 0.0811. The first-order chi connectivity index (χ1) is 17.8. The van der Waals surface area contributed by atoms with Crippen LogP contribution in [-0.2, 0) is 20.8 Å². The third kappa shape index (κ3) is 6.14. The fourth-order valence-corrected chi connectivity index (χ4v) is 5.53. The summed E-state index contributed by atoms with van der Waals surface area (Å²) in [6.45, 7) is 5.64. The second kappa shape index (κ2) is 11.8. The van der Waals surface area contributed by atoms with Crippen LogP contribution < -0.4 is 4.74 Å². The maximum Gasteiger partial charge on any atom is 0.254 e. The van der Waals surface area contributed by atoms with E-state index >= 15 is 0 Å². The molecule has 3 heterocycles. The monoisotopic (exact) mass is 525 g/mol. The van der Waals surface area contributed by atoms with Crippen LogP contribution in [0.25, 0.3) is 10.4 Å². The average molecular weight is 526 g/mol. The molecule has 196 valence electrons. The molecular weight excluding hydrogens is 494 g/mol. The van der Waals surface area contributed by atoms with Crippen molar-refractivity contribution < 1.29 is 28.8 Å². The zero-order valence-electron chi connectivity index (χ0n) is 21.1. The Morgan fingerprint density at radius 1 is 1.30 bits per heavy atom. The predicted octanol–water partition coefficient (Wildman–Crippen LogP) is 3.59. The lowest BCUT2D eigenvalue weighted by molar-refractivity contribution is -0.140. The predicted molar refractivity (Wildman–Crippen MR) is 137 cm³/mol. The third-order valence-electron chi connectivity index (χ3n) is 6.60. The molecule has 1 unspecified atom stereocenters. The number of hydrogen-bond acceptors (Lipinski definition) is 9. The average Bonchev–Trinajstić information content (AvgIpc) is 3.61. The number of ketones is 1. The van der Waals surface area contributed by atoms with Crippen LogP contribution in [0.4, 0.5) is 0 Å². The molecule has 1 amide bonds. The lowest BCUT2D eigenvalue weighted by Gasteiger charge is -2.28. The van der Waals surface area contributed by atoms with E-state index < -0.39 is 18.1 Å². The van der Waals surface area contributed by atoms with E-state index in [-0.39, 0.29) is 49.5 Å². The number of aliphatic hydroxyl groups excluding tert-OH is 1. The van der Waals surface area contributed by atoms with Gasteiger partial charge in [0.1, 0.15) is 12.5 Å². The van der Waals surface area contributed by atoms with Crippen molar-refractivity contribution in [2.45, 2.75) is 58.1 Å².